The van der Waals surface area contributed by atoms with Crippen molar-refractivity contribution in [2.75, 3.05) is 13.1 Å². The molecule has 1 aliphatic rings. The third-order valence-electron chi connectivity index (χ3n) is 2.33. The molecule has 70 valence electrons. The second kappa shape index (κ2) is 3.90. The predicted molar refractivity (Wildman–Crippen MR) is 52.6 cm³/mol. The Morgan fingerprint density at radius 3 is 2.69 bits per heavy atom. The molecule has 0 bridgehead atoms. The normalized spacial score (nSPS) is 28.7. The van der Waals surface area contributed by atoms with Gasteiger partial charge in [-0.3, -0.25) is 0 Å². The largest absolute Gasteiger partial charge is 0.368 e. The zero-order valence-electron chi connectivity index (χ0n) is 7.86. The van der Waals surface area contributed by atoms with Crippen LogP contribution in [0.1, 0.15) is 18.6 Å². The molecular formula is C11H15NO. The Labute approximate surface area is 78.9 Å². The fraction of sp³-hybridized carbons (Fsp3) is 0.455. The lowest BCUT2D eigenvalue weighted by Gasteiger charge is -2.28. The van der Waals surface area contributed by atoms with Gasteiger partial charge in [-0.25, -0.2) is 0 Å². The minimum Gasteiger partial charge on any atom is -0.368 e. The van der Waals surface area contributed by atoms with E-state index in [1.165, 1.54) is 5.56 Å². The van der Waals surface area contributed by atoms with Crippen LogP contribution in [0.2, 0.25) is 0 Å². The van der Waals surface area contributed by atoms with Crippen LogP contribution in [0.15, 0.2) is 30.3 Å². The Morgan fingerprint density at radius 2 is 2.00 bits per heavy atom. The highest BCUT2D eigenvalue weighted by atomic mass is 16.5. The molecule has 1 saturated heterocycles. The Bertz CT molecular complexity index is 260. The Morgan fingerprint density at radius 1 is 1.23 bits per heavy atom. The molecule has 2 atom stereocenters. The van der Waals surface area contributed by atoms with Gasteiger partial charge in [0.05, 0.1) is 12.2 Å². The van der Waals surface area contributed by atoms with E-state index in [-0.39, 0.29) is 6.10 Å². The van der Waals surface area contributed by atoms with Crippen LogP contribution in [0.5, 0.6) is 0 Å². The molecule has 1 aromatic rings. The molecule has 1 fully saturated rings. The Hall–Kier alpha value is -0.860. The van der Waals surface area contributed by atoms with Gasteiger partial charge in [0.2, 0.25) is 0 Å². The molecule has 1 N–H and O–H groups in total. The van der Waals surface area contributed by atoms with E-state index < -0.39 is 0 Å². The van der Waals surface area contributed by atoms with E-state index in [0.29, 0.717) is 6.10 Å². The number of benzene rings is 1. The predicted octanol–water partition coefficient (Wildman–Crippen LogP) is 1.74. The average molecular weight is 177 g/mol. The quantitative estimate of drug-likeness (QED) is 0.705. The summed E-state index contributed by atoms with van der Waals surface area (Å²) >= 11 is 0. The van der Waals surface area contributed by atoms with Crippen molar-refractivity contribution in [3.05, 3.63) is 35.9 Å². The van der Waals surface area contributed by atoms with E-state index >= 15 is 0 Å². The maximum atomic E-state index is 5.81. The first-order valence-electron chi connectivity index (χ1n) is 4.77. The summed E-state index contributed by atoms with van der Waals surface area (Å²) in [6, 6.07) is 10.4. The summed E-state index contributed by atoms with van der Waals surface area (Å²) in [5.41, 5.74) is 1.27. The molecule has 2 heteroatoms. The fourth-order valence-corrected chi connectivity index (χ4v) is 1.66. The highest BCUT2D eigenvalue weighted by molar-refractivity contribution is 5.18. The third kappa shape index (κ3) is 2.08. The number of hydrogen-bond acceptors (Lipinski definition) is 2. The summed E-state index contributed by atoms with van der Waals surface area (Å²) in [4.78, 5) is 0. The van der Waals surface area contributed by atoms with Gasteiger partial charge in [0.15, 0.2) is 0 Å². The molecule has 0 aliphatic carbocycles. The zero-order chi connectivity index (χ0) is 9.10. The van der Waals surface area contributed by atoms with Crippen molar-refractivity contribution in [3.8, 4) is 0 Å². The van der Waals surface area contributed by atoms with Gasteiger partial charge in [-0.1, -0.05) is 30.3 Å². The van der Waals surface area contributed by atoms with Crippen LogP contribution >= 0.6 is 0 Å². The number of hydrogen-bond donors (Lipinski definition) is 1. The lowest BCUT2D eigenvalue weighted by molar-refractivity contribution is -0.0287. The number of ether oxygens (including phenoxy) is 1. The standard InChI is InChI=1S/C11H15NO/c1-9-7-12-8-11(13-9)10-5-3-2-4-6-10/h2-6,9,11-12H,7-8H2,1H3/t9-,11+/m1/s1. The summed E-state index contributed by atoms with van der Waals surface area (Å²) in [5.74, 6) is 0. The lowest BCUT2D eigenvalue weighted by atomic mass is 10.1. The molecule has 13 heavy (non-hydrogen) atoms. The van der Waals surface area contributed by atoms with Crippen molar-refractivity contribution < 1.29 is 4.74 Å². The molecule has 2 rings (SSSR count). The van der Waals surface area contributed by atoms with E-state index in [9.17, 15) is 0 Å². The van der Waals surface area contributed by atoms with Crippen molar-refractivity contribution in [2.45, 2.75) is 19.1 Å². The highest BCUT2D eigenvalue weighted by Gasteiger charge is 2.19. The average Bonchev–Trinajstić information content (AvgIpc) is 2.19. The smallest absolute Gasteiger partial charge is 0.0953 e. The molecule has 0 amide bonds. The van der Waals surface area contributed by atoms with Gasteiger partial charge in [0, 0.05) is 13.1 Å². The maximum absolute atomic E-state index is 5.81. The van der Waals surface area contributed by atoms with Crippen LogP contribution in [0.3, 0.4) is 0 Å². The van der Waals surface area contributed by atoms with E-state index in [0.717, 1.165) is 13.1 Å². The van der Waals surface area contributed by atoms with Gasteiger partial charge in [-0.2, -0.15) is 0 Å². The van der Waals surface area contributed by atoms with Crippen molar-refractivity contribution >= 4 is 0 Å². The van der Waals surface area contributed by atoms with E-state index in [1.807, 2.05) is 6.07 Å². The SMILES string of the molecule is C[C@@H]1CNC[C@@H](c2ccccc2)O1. The van der Waals surface area contributed by atoms with E-state index in [2.05, 4.69) is 36.5 Å². The van der Waals surface area contributed by atoms with Crippen LogP contribution in [0.25, 0.3) is 0 Å². The molecular weight excluding hydrogens is 162 g/mol. The van der Waals surface area contributed by atoms with Gasteiger partial charge < -0.3 is 10.1 Å². The summed E-state index contributed by atoms with van der Waals surface area (Å²) < 4.78 is 5.81. The zero-order valence-corrected chi connectivity index (χ0v) is 7.86. The lowest BCUT2D eigenvalue weighted by Crippen LogP contribution is -2.38. The summed E-state index contributed by atoms with van der Waals surface area (Å²) in [5, 5.41) is 3.36. The van der Waals surface area contributed by atoms with Gasteiger partial charge >= 0.3 is 0 Å². The van der Waals surface area contributed by atoms with Crippen molar-refractivity contribution in [1.29, 1.82) is 0 Å². The first-order chi connectivity index (χ1) is 6.36. The number of nitrogens with one attached hydrogen (secondary N) is 1. The van der Waals surface area contributed by atoms with Crippen LogP contribution in [0.4, 0.5) is 0 Å². The van der Waals surface area contributed by atoms with Crippen LogP contribution in [-0.4, -0.2) is 19.2 Å². The molecule has 0 aromatic heterocycles. The molecule has 1 heterocycles. The molecule has 0 spiro atoms. The van der Waals surface area contributed by atoms with Crippen LogP contribution in [0, 0.1) is 0 Å². The molecule has 0 unspecified atom stereocenters. The first kappa shape index (κ1) is 8.73. The summed E-state index contributed by atoms with van der Waals surface area (Å²) in [6.07, 6.45) is 0.545. The number of rotatable bonds is 1. The molecule has 0 saturated carbocycles. The molecule has 0 radical (unpaired) electrons. The Kier molecular flexibility index (Phi) is 2.62. The second-order valence-corrected chi connectivity index (χ2v) is 3.50. The van der Waals surface area contributed by atoms with Crippen LogP contribution in [-0.2, 0) is 4.74 Å². The highest BCUT2D eigenvalue weighted by Crippen LogP contribution is 2.20. The minimum absolute atomic E-state index is 0.227. The van der Waals surface area contributed by atoms with Gasteiger partial charge in [0.1, 0.15) is 0 Å². The summed E-state index contributed by atoms with van der Waals surface area (Å²) in [6.45, 7) is 3.99. The Balaban J connectivity index is 2.08. The third-order valence-corrected chi connectivity index (χ3v) is 2.33. The van der Waals surface area contributed by atoms with Crippen molar-refractivity contribution in [1.82, 2.24) is 5.32 Å². The number of morpholine rings is 1. The maximum Gasteiger partial charge on any atom is 0.0953 e. The van der Waals surface area contributed by atoms with E-state index in [1.54, 1.807) is 0 Å². The topological polar surface area (TPSA) is 21.3 Å². The van der Waals surface area contributed by atoms with Gasteiger partial charge in [0.25, 0.3) is 0 Å². The van der Waals surface area contributed by atoms with Gasteiger partial charge in [-0.05, 0) is 12.5 Å². The molecule has 1 aliphatic heterocycles. The van der Waals surface area contributed by atoms with Crippen LogP contribution < -0.4 is 5.32 Å². The molecule has 2 nitrogen and oxygen atoms in total. The monoisotopic (exact) mass is 177 g/mol. The van der Waals surface area contributed by atoms with Gasteiger partial charge in [-0.15, -0.1) is 0 Å². The van der Waals surface area contributed by atoms with Crippen molar-refractivity contribution in [3.63, 3.8) is 0 Å². The first-order valence-corrected chi connectivity index (χ1v) is 4.77. The fourth-order valence-electron chi connectivity index (χ4n) is 1.66. The minimum atomic E-state index is 0.227. The molecule has 1 aromatic carbocycles. The van der Waals surface area contributed by atoms with E-state index in [4.69, 9.17) is 4.74 Å². The van der Waals surface area contributed by atoms with Crippen molar-refractivity contribution in [2.24, 2.45) is 0 Å². The second-order valence-electron chi connectivity index (χ2n) is 3.50. The summed E-state index contributed by atoms with van der Waals surface area (Å²) in [7, 11) is 0.